The van der Waals surface area contributed by atoms with Gasteiger partial charge in [-0.05, 0) is 13.5 Å². The third-order valence-corrected chi connectivity index (χ3v) is 3.02. The minimum atomic E-state index is -0.273. The summed E-state index contributed by atoms with van der Waals surface area (Å²) in [5, 5.41) is 3.23. The molecule has 1 aliphatic heterocycles. The van der Waals surface area contributed by atoms with E-state index < -0.39 is 0 Å². The molecule has 1 heterocycles. The van der Waals surface area contributed by atoms with Crippen LogP contribution in [0.15, 0.2) is 0 Å². The van der Waals surface area contributed by atoms with Crippen molar-refractivity contribution in [3.05, 3.63) is 0 Å². The fourth-order valence-corrected chi connectivity index (χ4v) is 2.05. The number of hydrogen-bond acceptors (Lipinski definition) is 5. The Bertz CT molecular complexity index is 240. The summed E-state index contributed by atoms with van der Waals surface area (Å²) >= 11 is 0. The molecular weight excluding hydrogens is 220 g/mol. The molecule has 17 heavy (non-hydrogen) atoms. The van der Waals surface area contributed by atoms with Crippen molar-refractivity contribution in [1.82, 2.24) is 10.2 Å². The number of carbonyl (C=O) groups excluding carboxylic acids is 1. The number of methoxy groups -OCH3 is 1. The zero-order valence-electron chi connectivity index (χ0n) is 11.2. The number of rotatable bonds is 6. The number of likely N-dealkylation sites (N-methyl/N-ethyl adjacent to an activating group) is 1. The molecule has 5 nitrogen and oxygen atoms in total. The predicted octanol–water partition coefficient (Wildman–Crippen LogP) is 0.247. The zero-order chi connectivity index (χ0) is 12.8. The van der Waals surface area contributed by atoms with Gasteiger partial charge in [-0.25, -0.2) is 0 Å². The molecule has 0 aromatic heterocycles. The summed E-state index contributed by atoms with van der Waals surface area (Å²) in [4.78, 5) is 13.8. The van der Waals surface area contributed by atoms with Gasteiger partial charge in [-0.2, -0.15) is 0 Å². The van der Waals surface area contributed by atoms with Gasteiger partial charge >= 0.3 is 5.97 Å². The van der Waals surface area contributed by atoms with Gasteiger partial charge in [0.15, 0.2) is 0 Å². The molecule has 5 heteroatoms. The van der Waals surface area contributed by atoms with Crippen molar-refractivity contribution in [1.29, 1.82) is 0 Å². The lowest BCUT2D eigenvalue weighted by atomic mass is 10.2. The first-order valence-corrected chi connectivity index (χ1v) is 6.16. The second-order valence-electron chi connectivity index (χ2n) is 4.85. The van der Waals surface area contributed by atoms with Gasteiger partial charge in [0.1, 0.15) is 6.04 Å². The molecule has 0 amide bonds. The molecule has 100 valence electrons. The van der Waals surface area contributed by atoms with Crippen LogP contribution in [0, 0.1) is 0 Å². The Kier molecular flexibility index (Phi) is 5.88. The predicted molar refractivity (Wildman–Crippen MR) is 65.9 cm³/mol. The van der Waals surface area contributed by atoms with Gasteiger partial charge < -0.3 is 14.8 Å². The second kappa shape index (κ2) is 6.93. The fraction of sp³-hybridized carbons (Fsp3) is 0.917. The normalized spacial score (nSPS) is 22.1. The van der Waals surface area contributed by atoms with Gasteiger partial charge in [-0.3, -0.25) is 9.69 Å². The summed E-state index contributed by atoms with van der Waals surface area (Å²) in [6.45, 7) is 6.27. The van der Waals surface area contributed by atoms with Crippen LogP contribution < -0.4 is 5.32 Å². The first-order chi connectivity index (χ1) is 8.04. The van der Waals surface area contributed by atoms with Crippen molar-refractivity contribution in [3.63, 3.8) is 0 Å². The van der Waals surface area contributed by atoms with E-state index in [4.69, 9.17) is 9.47 Å². The summed E-state index contributed by atoms with van der Waals surface area (Å²) in [6, 6.07) is 0.397. The Morgan fingerprint density at radius 3 is 2.76 bits per heavy atom. The molecule has 1 N–H and O–H groups in total. The van der Waals surface area contributed by atoms with E-state index in [-0.39, 0.29) is 18.1 Å². The first kappa shape index (κ1) is 14.4. The lowest BCUT2D eigenvalue weighted by Crippen LogP contribution is -2.50. The van der Waals surface area contributed by atoms with E-state index in [1.807, 2.05) is 20.9 Å². The minimum absolute atomic E-state index is 0.204. The number of ether oxygens (including phenoxy) is 2. The smallest absolute Gasteiger partial charge is 0.324 e. The van der Waals surface area contributed by atoms with Crippen LogP contribution in [-0.4, -0.2) is 62.9 Å². The number of nitrogens with zero attached hydrogens (tertiary/aromatic N) is 1. The van der Waals surface area contributed by atoms with Crippen molar-refractivity contribution >= 4 is 5.97 Å². The second-order valence-corrected chi connectivity index (χ2v) is 4.85. The Balaban J connectivity index is 2.48. The molecule has 0 saturated carbocycles. The van der Waals surface area contributed by atoms with Crippen LogP contribution in [0.4, 0.5) is 0 Å². The van der Waals surface area contributed by atoms with Crippen molar-refractivity contribution < 1.29 is 14.3 Å². The monoisotopic (exact) mass is 244 g/mol. The van der Waals surface area contributed by atoms with Crippen molar-refractivity contribution in [2.45, 2.75) is 38.4 Å². The quantitative estimate of drug-likeness (QED) is 0.679. The fourth-order valence-electron chi connectivity index (χ4n) is 2.05. The van der Waals surface area contributed by atoms with Crippen LogP contribution in [0.3, 0.4) is 0 Å². The topological polar surface area (TPSA) is 50.8 Å². The third-order valence-electron chi connectivity index (χ3n) is 3.02. The zero-order valence-corrected chi connectivity index (χ0v) is 11.2. The standard InChI is InChI=1S/C12H24N2O3/c1-9(2)13-11(12(15)16-4)7-14(3)10-5-6-17-8-10/h9-11,13H,5-8H2,1-4H3. The minimum Gasteiger partial charge on any atom is -0.468 e. The first-order valence-electron chi connectivity index (χ1n) is 6.16. The molecule has 0 aliphatic carbocycles. The number of esters is 1. The lowest BCUT2D eigenvalue weighted by molar-refractivity contribution is -0.143. The van der Waals surface area contributed by atoms with E-state index in [1.165, 1.54) is 7.11 Å². The maximum absolute atomic E-state index is 11.7. The molecule has 1 saturated heterocycles. The van der Waals surface area contributed by atoms with E-state index in [2.05, 4.69) is 10.2 Å². The van der Waals surface area contributed by atoms with Gasteiger partial charge in [0.05, 0.1) is 13.7 Å². The van der Waals surface area contributed by atoms with E-state index in [0.29, 0.717) is 12.6 Å². The van der Waals surface area contributed by atoms with E-state index in [0.717, 1.165) is 19.6 Å². The van der Waals surface area contributed by atoms with Gasteiger partial charge in [0, 0.05) is 25.2 Å². The molecule has 0 aromatic rings. The molecule has 2 atom stereocenters. The van der Waals surface area contributed by atoms with Crippen LogP contribution in [0.5, 0.6) is 0 Å². The van der Waals surface area contributed by atoms with E-state index in [1.54, 1.807) is 0 Å². The molecule has 1 fully saturated rings. The van der Waals surface area contributed by atoms with Gasteiger partial charge in [0.25, 0.3) is 0 Å². The summed E-state index contributed by atoms with van der Waals surface area (Å²) in [5.41, 5.74) is 0. The Morgan fingerprint density at radius 2 is 2.29 bits per heavy atom. The molecule has 1 aliphatic rings. The maximum atomic E-state index is 11.7. The third kappa shape index (κ3) is 4.61. The van der Waals surface area contributed by atoms with Crippen molar-refractivity contribution in [2.24, 2.45) is 0 Å². The van der Waals surface area contributed by atoms with Crippen LogP contribution in [-0.2, 0) is 14.3 Å². The van der Waals surface area contributed by atoms with Gasteiger partial charge in [-0.15, -0.1) is 0 Å². The average molecular weight is 244 g/mol. The molecular formula is C12H24N2O3. The Morgan fingerprint density at radius 1 is 1.59 bits per heavy atom. The highest BCUT2D eigenvalue weighted by molar-refractivity contribution is 5.75. The molecule has 2 unspecified atom stereocenters. The highest BCUT2D eigenvalue weighted by Gasteiger charge is 2.26. The molecule has 0 spiro atoms. The number of hydrogen-bond donors (Lipinski definition) is 1. The molecule has 0 bridgehead atoms. The van der Waals surface area contributed by atoms with Crippen molar-refractivity contribution in [3.8, 4) is 0 Å². The Hall–Kier alpha value is -0.650. The molecule has 0 radical (unpaired) electrons. The Labute approximate surface area is 103 Å². The largest absolute Gasteiger partial charge is 0.468 e. The SMILES string of the molecule is COC(=O)C(CN(C)C1CCOC1)NC(C)C. The van der Waals surface area contributed by atoms with Gasteiger partial charge in [0.2, 0.25) is 0 Å². The highest BCUT2D eigenvalue weighted by Crippen LogP contribution is 2.11. The summed E-state index contributed by atoms with van der Waals surface area (Å²) in [7, 11) is 3.45. The number of nitrogens with one attached hydrogen (secondary N) is 1. The summed E-state index contributed by atoms with van der Waals surface area (Å²) in [6.07, 6.45) is 1.03. The van der Waals surface area contributed by atoms with Crippen LogP contribution in [0.25, 0.3) is 0 Å². The number of carbonyl (C=O) groups is 1. The average Bonchev–Trinajstić information content (AvgIpc) is 2.79. The van der Waals surface area contributed by atoms with Crippen LogP contribution in [0.2, 0.25) is 0 Å². The molecule has 0 aromatic carbocycles. The summed E-state index contributed by atoms with van der Waals surface area (Å²) < 4.78 is 10.2. The molecule has 1 rings (SSSR count). The lowest BCUT2D eigenvalue weighted by Gasteiger charge is -2.28. The summed E-state index contributed by atoms with van der Waals surface area (Å²) in [5.74, 6) is -0.204. The van der Waals surface area contributed by atoms with Gasteiger partial charge in [-0.1, -0.05) is 13.8 Å². The van der Waals surface area contributed by atoms with Crippen LogP contribution in [0.1, 0.15) is 20.3 Å². The van der Waals surface area contributed by atoms with E-state index in [9.17, 15) is 4.79 Å². The van der Waals surface area contributed by atoms with Crippen molar-refractivity contribution in [2.75, 3.05) is 33.9 Å². The van der Waals surface area contributed by atoms with E-state index >= 15 is 0 Å². The maximum Gasteiger partial charge on any atom is 0.324 e. The van der Waals surface area contributed by atoms with Crippen LogP contribution >= 0.6 is 0 Å². The highest BCUT2D eigenvalue weighted by atomic mass is 16.5.